The van der Waals surface area contributed by atoms with Gasteiger partial charge in [-0.05, 0) is 24.3 Å². The van der Waals surface area contributed by atoms with Crippen LogP contribution >= 0.6 is 11.6 Å². The van der Waals surface area contributed by atoms with E-state index in [2.05, 4.69) is 11.2 Å². The molecule has 0 spiro atoms. The molecule has 18 heavy (non-hydrogen) atoms. The zero-order chi connectivity index (χ0) is 12.5. The summed E-state index contributed by atoms with van der Waals surface area (Å²) in [7, 11) is 0. The lowest BCUT2D eigenvalue weighted by Gasteiger charge is -2.00. The highest BCUT2D eigenvalue weighted by Gasteiger charge is 2.11. The van der Waals surface area contributed by atoms with Crippen molar-refractivity contribution in [1.29, 1.82) is 5.26 Å². The van der Waals surface area contributed by atoms with Crippen LogP contribution in [0, 0.1) is 11.5 Å². The Morgan fingerprint density at radius 3 is 2.72 bits per heavy atom. The molecule has 0 atom stereocenters. The maximum Gasteiger partial charge on any atom is 0.190 e. The number of benzene rings is 2. The molecule has 3 aromatic rings. The number of halogens is 1. The highest BCUT2D eigenvalue weighted by atomic mass is 35.5. The second kappa shape index (κ2) is 4.17. The van der Waals surface area contributed by atoms with Crippen molar-refractivity contribution in [2.75, 3.05) is 0 Å². The Labute approximate surface area is 109 Å². The van der Waals surface area contributed by atoms with Crippen molar-refractivity contribution in [2.24, 2.45) is 0 Å². The van der Waals surface area contributed by atoms with Gasteiger partial charge in [0.2, 0.25) is 0 Å². The van der Waals surface area contributed by atoms with E-state index in [1.807, 2.05) is 36.4 Å². The van der Waals surface area contributed by atoms with Gasteiger partial charge in [0.1, 0.15) is 0 Å². The predicted octanol–water partition coefficient (Wildman–Crippen LogP) is 3.69. The molecule has 86 valence electrons. The molecule has 3 rings (SSSR count). The SMILES string of the molecule is N#Cn1c(-c2cccc(Cl)c2)nc2ccccc21. The van der Waals surface area contributed by atoms with Crippen LogP contribution in [-0.4, -0.2) is 9.55 Å². The summed E-state index contributed by atoms with van der Waals surface area (Å²) < 4.78 is 1.51. The number of imidazole rings is 1. The minimum atomic E-state index is 0.612. The molecule has 0 saturated carbocycles. The minimum absolute atomic E-state index is 0.612. The summed E-state index contributed by atoms with van der Waals surface area (Å²) >= 11 is 5.97. The Morgan fingerprint density at radius 1 is 1.11 bits per heavy atom. The fraction of sp³-hybridized carbons (Fsp3) is 0. The number of fused-ring (bicyclic) bond motifs is 1. The number of nitrogens with zero attached hydrogens (tertiary/aromatic N) is 3. The topological polar surface area (TPSA) is 41.6 Å². The molecule has 1 aromatic heterocycles. The average Bonchev–Trinajstić information content (AvgIpc) is 2.77. The highest BCUT2D eigenvalue weighted by molar-refractivity contribution is 6.30. The quantitative estimate of drug-likeness (QED) is 0.664. The number of hydrogen-bond acceptors (Lipinski definition) is 2. The Kier molecular flexibility index (Phi) is 2.51. The first-order valence-electron chi connectivity index (χ1n) is 5.43. The molecular weight excluding hydrogens is 246 g/mol. The Hall–Kier alpha value is -2.31. The van der Waals surface area contributed by atoms with E-state index >= 15 is 0 Å². The lowest BCUT2D eigenvalue weighted by molar-refractivity contribution is 1.12. The van der Waals surface area contributed by atoms with E-state index in [1.54, 1.807) is 12.1 Å². The van der Waals surface area contributed by atoms with E-state index in [-0.39, 0.29) is 0 Å². The fourth-order valence-electron chi connectivity index (χ4n) is 1.95. The molecule has 0 radical (unpaired) electrons. The second-order valence-electron chi connectivity index (χ2n) is 3.87. The molecule has 0 fully saturated rings. The number of aromatic nitrogens is 2. The molecule has 0 amide bonds. The van der Waals surface area contributed by atoms with Gasteiger partial charge in [0.15, 0.2) is 12.0 Å². The van der Waals surface area contributed by atoms with Gasteiger partial charge in [-0.25, -0.2) is 9.55 Å². The van der Waals surface area contributed by atoms with Gasteiger partial charge in [0.05, 0.1) is 11.0 Å². The van der Waals surface area contributed by atoms with E-state index in [0.29, 0.717) is 10.8 Å². The lowest BCUT2D eigenvalue weighted by Crippen LogP contribution is -1.92. The van der Waals surface area contributed by atoms with Crippen molar-refractivity contribution in [3.05, 3.63) is 53.6 Å². The number of nitriles is 1. The van der Waals surface area contributed by atoms with E-state index in [4.69, 9.17) is 11.6 Å². The third-order valence-electron chi connectivity index (χ3n) is 2.74. The van der Waals surface area contributed by atoms with Crippen LogP contribution in [0.1, 0.15) is 0 Å². The molecule has 0 aliphatic heterocycles. The van der Waals surface area contributed by atoms with Gasteiger partial charge in [0.25, 0.3) is 0 Å². The van der Waals surface area contributed by atoms with E-state index < -0.39 is 0 Å². The van der Waals surface area contributed by atoms with Gasteiger partial charge in [-0.2, -0.15) is 5.26 Å². The standard InChI is InChI=1S/C14H8ClN3/c15-11-5-3-4-10(8-11)14-17-12-6-1-2-7-13(12)18(14)9-16/h1-8H. The molecule has 0 aliphatic rings. The van der Waals surface area contributed by atoms with Crippen molar-refractivity contribution in [2.45, 2.75) is 0 Å². The van der Waals surface area contributed by atoms with Crippen LogP contribution in [0.15, 0.2) is 48.5 Å². The van der Waals surface area contributed by atoms with E-state index in [9.17, 15) is 5.26 Å². The van der Waals surface area contributed by atoms with E-state index in [0.717, 1.165) is 16.6 Å². The molecule has 0 bridgehead atoms. The van der Waals surface area contributed by atoms with Crippen LogP contribution < -0.4 is 0 Å². The van der Waals surface area contributed by atoms with Gasteiger partial charge in [-0.3, -0.25) is 0 Å². The van der Waals surface area contributed by atoms with Crippen molar-refractivity contribution in [3.63, 3.8) is 0 Å². The molecule has 0 unspecified atom stereocenters. The molecule has 2 aromatic carbocycles. The first-order chi connectivity index (χ1) is 8.79. The van der Waals surface area contributed by atoms with Crippen LogP contribution in [0.5, 0.6) is 0 Å². The Balaban J connectivity index is 2.33. The maximum atomic E-state index is 9.28. The van der Waals surface area contributed by atoms with E-state index in [1.165, 1.54) is 4.57 Å². The minimum Gasteiger partial charge on any atom is -0.228 e. The molecule has 3 nitrogen and oxygen atoms in total. The Morgan fingerprint density at radius 2 is 1.94 bits per heavy atom. The van der Waals surface area contributed by atoms with Gasteiger partial charge in [-0.15, -0.1) is 0 Å². The number of rotatable bonds is 1. The van der Waals surface area contributed by atoms with Crippen molar-refractivity contribution in [3.8, 4) is 17.6 Å². The summed E-state index contributed by atoms with van der Waals surface area (Å²) in [6, 6.07) is 14.9. The second-order valence-corrected chi connectivity index (χ2v) is 4.31. The average molecular weight is 254 g/mol. The Bertz CT molecular complexity index is 768. The first kappa shape index (κ1) is 10.8. The smallest absolute Gasteiger partial charge is 0.190 e. The molecule has 0 saturated heterocycles. The summed E-state index contributed by atoms with van der Waals surface area (Å²) in [6.07, 6.45) is 2.15. The third kappa shape index (κ3) is 1.64. The summed E-state index contributed by atoms with van der Waals surface area (Å²) in [5, 5.41) is 9.90. The summed E-state index contributed by atoms with van der Waals surface area (Å²) in [5.74, 6) is 0.612. The fourth-order valence-corrected chi connectivity index (χ4v) is 2.14. The number of hydrogen-bond donors (Lipinski definition) is 0. The third-order valence-corrected chi connectivity index (χ3v) is 2.98. The maximum absolute atomic E-state index is 9.28. The van der Waals surface area contributed by atoms with Gasteiger partial charge in [-0.1, -0.05) is 35.9 Å². The lowest BCUT2D eigenvalue weighted by atomic mass is 10.2. The van der Waals surface area contributed by atoms with Crippen molar-refractivity contribution < 1.29 is 0 Å². The predicted molar refractivity (Wildman–Crippen MR) is 71.2 cm³/mol. The van der Waals surface area contributed by atoms with Crippen LogP contribution in [-0.2, 0) is 0 Å². The summed E-state index contributed by atoms with van der Waals surface area (Å²) in [5.41, 5.74) is 2.43. The van der Waals surface area contributed by atoms with Crippen LogP contribution in [0.3, 0.4) is 0 Å². The van der Waals surface area contributed by atoms with Crippen molar-refractivity contribution in [1.82, 2.24) is 9.55 Å². The molecule has 0 aliphatic carbocycles. The monoisotopic (exact) mass is 253 g/mol. The highest BCUT2D eigenvalue weighted by Crippen LogP contribution is 2.25. The van der Waals surface area contributed by atoms with Gasteiger partial charge >= 0.3 is 0 Å². The molecule has 0 N–H and O–H groups in total. The van der Waals surface area contributed by atoms with Crippen LogP contribution in [0.4, 0.5) is 0 Å². The van der Waals surface area contributed by atoms with Crippen LogP contribution in [0.25, 0.3) is 22.4 Å². The molecule has 4 heteroatoms. The molecule has 1 heterocycles. The normalized spacial score (nSPS) is 10.4. The van der Waals surface area contributed by atoms with Crippen LogP contribution in [0.2, 0.25) is 5.02 Å². The summed E-state index contributed by atoms with van der Waals surface area (Å²) in [6.45, 7) is 0. The molecular formula is C14H8ClN3. The first-order valence-corrected chi connectivity index (χ1v) is 5.81. The zero-order valence-electron chi connectivity index (χ0n) is 9.34. The largest absolute Gasteiger partial charge is 0.228 e. The van der Waals surface area contributed by atoms with Gasteiger partial charge < -0.3 is 0 Å². The van der Waals surface area contributed by atoms with Gasteiger partial charge in [0, 0.05) is 10.6 Å². The number of para-hydroxylation sites is 2. The zero-order valence-corrected chi connectivity index (χ0v) is 10.1. The van der Waals surface area contributed by atoms with Crippen molar-refractivity contribution >= 4 is 22.6 Å². The summed E-state index contributed by atoms with van der Waals surface area (Å²) in [4.78, 5) is 4.48.